The van der Waals surface area contributed by atoms with Gasteiger partial charge in [0, 0.05) is 5.56 Å². The first-order valence-corrected chi connectivity index (χ1v) is 8.92. The summed E-state index contributed by atoms with van der Waals surface area (Å²) in [6.45, 7) is 5.18. The number of nitrogens with zero attached hydrogens (tertiary/aromatic N) is 1. The van der Waals surface area contributed by atoms with E-state index in [9.17, 15) is 14.4 Å². The predicted octanol–water partition coefficient (Wildman–Crippen LogP) is 2.73. The van der Waals surface area contributed by atoms with Crippen LogP contribution in [0.25, 0.3) is 0 Å². The van der Waals surface area contributed by atoms with Gasteiger partial charge in [0.15, 0.2) is 13.2 Å². The lowest BCUT2D eigenvalue weighted by atomic mass is 9.87. The Kier molecular flexibility index (Phi) is 7.10. The van der Waals surface area contributed by atoms with E-state index in [0.717, 1.165) is 5.56 Å². The number of carbonyl (C=O) groups is 3. The van der Waals surface area contributed by atoms with Crippen LogP contribution in [0.5, 0.6) is 5.75 Å². The number of carbonyl (C=O) groups excluding carboxylic acids is 3. The number of imide groups is 1. The molecule has 0 unspecified atom stereocenters. The first-order valence-electron chi connectivity index (χ1n) is 8.92. The van der Waals surface area contributed by atoms with E-state index in [-0.39, 0.29) is 5.41 Å². The van der Waals surface area contributed by atoms with Crippen molar-refractivity contribution in [2.75, 3.05) is 13.2 Å². The quantitative estimate of drug-likeness (QED) is 0.755. The van der Waals surface area contributed by atoms with E-state index in [1.165, 1.54) is 0 Å². The van der Waals surface area contributed by atoms with Crippen LogP contribution >= 0.6 is 0 Å². The van der Waals surface area contributed by atoms with Crippen molar-refractivity contribution in [2.24, 2.45) is 0 Å². The van der Waals surface area contributed by atoms with Crippen LogP contribution in [0.4, 0.5) is 0 Å². The van der Waals surface area contributed by atoms with Gasteiger partial charge in [-0.2, -0.15) is 5.26 Å². The smallest absolute Gasteiger partial charge is 0.344 e. The first kappa shape index (κ1) is 21.6. The van der Waals surface area contributed by atoms with Gasteiger partial charge in [-0.3, -0.25) is 14.9 Å². The number of benzene rings is 2. The molecule has 1 N–H and O–H groups in total. The highest BCUT2D eigenvalue weighted by Gasteiger charge is 2.16. The molecule has 0 aromatic heterocycles. The molecule has 29 heavy (non-hydrogen) atoms. The van der Waals surface area contributed by atoms with Crippen LogP contribution in [-0.2, 0) is 19.7 Å². The molecule has 0 saturated heterocycles. The van der Waals surface area contributed by atoms with E-state index in [2.05, 4.69) is 26.1 Å². The van der Waals surface area contributed by atoms with Gasteiger partial charge in [0.25, 0.3) is 11.8 Å². The lowest BCUT2D eigenvalue weighted by molar-refractivity contribution is -0.150. The van der Waals surface area contributed by atoms with Crippen molar-refractivity contribution in [3.05, 3.63) is 65.2 Å². The largest absolute Gasteiger partial charge is 0.482 e. The summed E-state index contributed by atoms with van der Waals surface area (Å²) in [6.07, 6.45) is 0. The summed E-state index contributed by atoms with van der Waals surface area (Å²) in [4.78, 5) is 35.6. The Hall–Kier alpha value is -3.66. The minimum absolute atomic E-state index is 0.0428. The van der Waals surface area contributed by atoms with Crippen LogP contribution in [0, 0.1) is 11.3 Å². The Bertz CT molecular complexity index is 920. The third-order valence-electron chi connectivity index (χ3n) is 3.97. The zero-order valence-electron chi connectivity index (χ0n) is 16.5. The molecule has 2 aromatic carbocycles. The Labute approximate surface area is 169 Å². The molecule has 7 nitrogen and oxygen atoms in total. The van der Waals surface area contributed by atoms with Crippen molar-refractivity contribution in [1.82, 2.24) is 5.32 Å². The van der Waals surface area contributed by atoms with Crippen molar-refractivity contribution in [1.29, 1.82) is 5.26 Å². The summed E-state index contributed by atoms with van der Waals surface area (Å²) in [5.74, 6) is -1.67. The van der Waals surface area contributed by atoms with Gasteiger partial charge in [0.1, 0.15) is 5.75 Å². The Balaban J connectivity index is 1.76. The maximum atomic E-state index is 12.1. The van der Waals surface area contributed by atoms with Crippen molar-refractivity contribution < 1.29 is 23.9 Å². The molecule has 0 atom stereocenters. The number of rotatable bonds is 6. The number of nitrogens with one attached hydrogen (secondary N) is 1. The van der Waals surface area contributed by atoms with E-state index >= 15 is 0 Å². The fourth-order valence-electron chi connectivity index (χ4n) is 2.31. The van der Waals surface area contributed by atoms with Gasteiger partial charge in [-0.25, -0.2) is 4.79 Å². The second kappa shape index (κ2) is 9.51. The average molecular weight is 394 g/mol. The summed E-state index contributed by atoms with van der Waals surface area (Å²) >= 11 is 0. The van der Waals surface area contributed by atoms with Crippen LogP contribution in [0.2, 0.25) is 0 Å². The summed E-state index contributed by atoms with van der Waals surface area (Å²) in [6, 6.07) is 15.1. The Morgan fingerprint density at radius 2 is 1.59 bits per heavy atom. The van der Waals surface area contributed by atoms with E-state index in [0.29, 0.717) is 16.9 Å². The molecule has 0 fully saturated rings. The second-order valence-electron chi connectivity index (χ2n) is 7.29. The number of hydrogen-bond donors (Lipinski definition) is 1. The third kappa shape index (κ3) is 6.78. The minimum atomic E-state index is -0.758. The van der Waals surface area contributed by atoms with Crippen LogP contribution < -0.4 is 10.1 Å². The Morgan fingerprint density at radius 3 is 2.14 bits per heavy atom. The lowest BCUT2D eigenvalue weighted by Crippen LogP contribution is -2.34. The van der Waals surface area contributed by atoms with Gasteiger partial charge in [-0.1, -0.05) is 32.9 Å². The minimum Gasteiger partial charge on any atom is -0.482 e. The SMILES string of the molecule is CC(C)(C)c1ccc(C(=O)NC(=O)COC(=O)COc2ccc(C#N)cc2)cc1. The topological polar surface area (TPSA) is 105 Å². The maximum Gasteiger partial charge on any atom is 0.344 e. The second-order valence-corrected chi connectivity index (χ2v) is 7.29. The molecule has 0 saturated carbocycles. The standard InChI is InChI=1S/C22H22N2O5/c1-22(2,3)17-8-6-16(7-9-17)21(27)24-19(25)13-29-20(26)14-28-18-10-4-15(12-23)5-11-18/h4-11H,13-14H2,1-3H3,(H,24,25,27). The first-order chi connectivity index (χ1) is 13.7. The van der Waals surface area contributed by atoms with Gasteiger partial charge in [-0.05, 0) is 47.4 Å². The molecule has 0 spiro atoms. The molecular weight excluding hydrogens is 372 g/mol. The molecule has 0 aliphatic heterocycles. The highest BCUT2D eigenvalue weighted by molar-refractivity contribution is 6.05. The van der Waals surface area contributed by atoms with E-state index in [1.807, 2.05) is 18.2 Å². The molecular formula is C22H22N2O5. The fourth-order valence-corrected chi connectivity index (χ4v) is 2.31. The molecule has 0 radical (unpaired) electrons. The van der Waals surface area contributed by atoms with Gasteiger partial charge < -0.3 is 9.47 Å². The predicted molar refractivity (Wildman–Crippen MR) is 105 cm³/mol. The van der Waals surface area contributed by atoms with Crippen molar-refractivity contribution in [2.45, 2.75) is 26.2 Å². The van der Waals surface area contributed by atoms with Gasteiger partial charge in [0.2, 0.25) is 0 Å². The van der Waals surface area contributed by atoms with Crippen molar-refractivity contribution >= 4 is 17.8 Å². The number of nitriles is 1. The molecule has 0 heterocycles. The zero-order valence-corrected chi connectivity index (χ0v) is 16.5. The van der Waals surface area contributed by atoms with Crippen molar-refractivity contribution in [3.8, 4) is 11.8 Å². The third-order valence-corrected chi connectivity index (χ3v) is 3.97. The Morgan fingerprint density at radius 1 is 0.966 bits per heavy atom. The number of esters is 1. The zero-order chi connectivity index (χ0) is 21.4. The molecule has 0 aliphatic rings. The highest BCUT2D eigenvalue weighted by atomic mass is 16.6. The molecule has 150 valence electrons. The maximum absolute atomic E-state index is 12.1. The summed E-state index contributed by atoms with van der Waals surface area (Å²) in [7, 11) is 0. The summed E-state index contributed by atoms with van der Waals surface area (Å²) < 4.78 is 10.00. The van der Waals surface area contributed by atoms with Gasteiger partial charge in [0.05, 0.1) is 11.6 Å². The van der Waals surface area contributed by atoms with Gasteiger partial charge in [-0.15, -0.1) is 0 Å². The molecule has 0 aliphatic carbocycles. The van der Waals surface area contributed by atoms with Crippen LogP contribution in [0.15, 0.2) is 48.5 Å². The lowest BCUT2D eigenvalue weighted by Gasteiger charge is -2.19. The molecule has 2 aromatic rings. The molecule has 7 heteroatoms. The van der Waals surface area contributed by atoms with Crippen LogP contribution in [-0.4, -0.2) is 31.0 Å². The summed E-state index contributed by atoms with van der Waals surface area (Å²) in [5, 5.41) is 10.9. The highest BCUT2D eigenvalue weighted by Crippen LogP contribution is 2.22. The average Bonchev–Trinajstić information content (AvgIpc) is 2.70. The van der Waals surface area contributed by atoms with E-state index in [1.54, 1.807) is 36.4 Å². The normalized spacial score (nSPS) is 10.6. The van der Waals surface area contributed by atoms with Crippen LogP contribution in [0.3, 0.4) is 0 Å². The van der Waals surface area contributed by atoms with E-state index < -0.39 is 31.0 Å². The van der Waals surface area contributed by atoms with Gasteiger partial charge >= 0.3 is 5.97 Å². The fraction of sp³-hybridized carbons (Fsp3) is 0.273. The summed E-state index contributed by atoms with van der Waals surface area (Å²) in [5.41, 5.74) is 1.83. The molecule has 2 rings (SSSR count). The molecule has 2 amide bonds. The molecule has 0 bridgehead atoms. The monoisotopic (exact) mass is 394 g/mol. The van der Waals surface area contributed by atoms with E-state index in [4.69, 9.17) is 14.7 Å². The van der Waals surface area contributed by atoms with Crippen LogP contribution in [0.1, 0.15) is 42.3 Å². The number of amides is 2. The van der Waals surface area contributed by atoms with Crippen molar-refractivity contribution in [3.63, 3.8) is 0 Å². The number of hydrogen-bond acceptors (Lipinski definition) is 6. The number of ether oxygens (including phenoxy) is 2.